The Hall–Kier alpha value is -0.500. The molecule has 1 fully saturated rings. The zero-order chi connectivity index (χ0) is 8.27. The van der Waals surface area contributed by atoms with Crippen molar-refractivity contribution in [2.24, 2.45) is 5.92 Å². The molecule has 1 aliphatic rings. The number of hydrogen-bond acceptors (Lipinski definition) is 2. The van der Waals surface area contributed by atoms with E-state index in [1.54, 1.807) is 0 Å². The predicted molar refractivity (Wildman–Crippen MR) is 47.9 cm³/mol. The van der Waals surface area contributed by atoms with E-state index in [1.165, 1.54) is 25.9 Å². The van der Waals surface area contributed by atoms with Crippen molar-refractivity contribution in [1.29, 1.82) is 0 Å². The van der Waals surface area contributed by atoms with E-state index in [0.717, 1.165) is 5.92 Å². The zero-order valence-corrected chi connectivity index (χ0v) is 7.58. The van der Waals surface area contributed by atoms with Crippen molar-refractivity contribution in [3.05, 3.63) is 12.8 Å². The first-order valence-electron chi connectivity index (χ1n) is 4.38. The molecule has 1 atom stereocenters. The Kier molecular flexibility index (Phi) is 2.94. The smallest absolute Gasteiger partial charge is 0.0227 e. The molecule has 0 aliphatic carbocycles. The molecule has 0 bridgehead atoms. The van der Waals surface area contributed by atoms with E-state index < -0.39 is 0 Å². The molecular weight excluding hydrogens is 136 g/mol. The van der Waals surface area contributed by atoms with Crippen LogP contribution in [-0.2, 0) is 0 Å². The first-order chi connectivity index (χ1) is 5.27. The van der Waals surface area contributed by atoms with E-state index in [4.69, 9.17) is 0 Å². The predicted octanol–water partition coefficient (Wildman–Crippen LogP) is 1.71. The minimum Gasteiger partial charge on any atom is -0.317 e. The van der Waals surface area contributed by atoms with Crippen LogP contribution in [0.25, 0.3) is 0 Å². The average Bonchev–Trinajstić information content (AvgIpc) is 2.50. The van der Waals surface area contributed by atoms with E-state index in [1.807, 2.05) is 6.20 Å². The molecule has 64 valence electrons. The fourth-order valence-electron chi connectivity index (χ4n) is 1.55. The third-order valence-electron chi connectivity index (χ3n) is 2.55. The molecule has 0 spiro atoms. The van der Waals surface area contributed by atoms with Gasteiger partial charge in [0.05, 0.1) is 0 Å². The van der Waals surface area contributed by atoms with Gasteiger partial charge in [0.2, 0.25) is 0 Å². The largest absolute Gasteiger partial charge is 0.317 e. The zero-order valence-electron chi connectivity index (χ0n) is 7.58. The summed E-state index contributed by atoms with van der Waals surface area (Å²) in [5, 5.41) is 4.44. The van der Waals surface area contributed by atoms with Crippen molar-refractivity contribution in [1.82, 2.24) is 10.0 Å². The molecule has 1 unspecified atom stereocenters. The van der Waals surface area contributed by atoms with Gasteiger partial charge in [-0.15, -0.1) is 0 Å². The van der Waals surface area contributed by atoms with Crippen LogP contribution in [-0.4, -0.2) is 30.2 Å². The van der Waals surface area contributed by atoms with E-state index in [9.17, 15) is 0 Å². The van der Waals surface area contributed by atoms with Crippen LogP contribution in [0.5, 0.6) is 0 Å². The molecule has 2 heteroatoms. The molecule has 11 heavy (non-hydrogen) atoms. The molecule has 0 aromatic heterocycles. The molecule has 1 heterocycles. The minimum absolute atomic E-state index is 0.900. The van der Waals surface area contributed by atoms with Crippen LogP contribution in [0.1, 0.15) is 19.8 Å². The highest BCUT2D eigenvalue weighted by Gasteiger charge is 2.21. The number of hydrazine groups is 1. The molecule has 0 radical (unpaired) electrons. The molecule has 1 rings (SSSR count). The highest BCUT2D eigenvalue weighted by Crippen LogP contribution is 2.19. The van der Waals surface area contributed by atoms with Gasteiger partial charge < -0.3 is 5.01 Å². The monoisotopic (exact) mass is 154 g/mol. The maximum Gasteiger partial charge on any atom is 0.0227 e. The Morgan fingerprint density at radius 2 is 2.45 bits per heavy atom. The van der Waals surface area contributed by atoms with Gasteiger partial charge in [-0.25, -0.2) is 5.01 Å². The lowest BCUT2D eigenvalue weighted by molar-refractivity contribution is 0.0730. The van der Waals surface area contributed by atoms with Gasteiger partial charge in [0.1, 0.15) is 0 Å². The summed E-state index contributed by atoms with van der Waals surface area (Å²) >= 11 is 0. The fourth-order valence-corrected chi connectivity index (χ4v) is 1.55. The van der Waals surface area contributed by atoms with E-state index in [0.29, 0.717) is 0 Å². The molecule has 0 saturated carbocycles. The first-order valence-corrected chi connectivity index (χ1v) is 4.38. The normalized spacial score (nSPS) is 25.5. The topological polar surface area (TPSA) is 6.48 Å². The van der Waals surface area contributed by atoms with Crippen LogP contribution in [0.3, 0.4) is 0 Å². The van der Waals surface area contributed by atoms with Gasteiger partial charge in [-0.1, -0.05) is 19.9 Å². The van der Waals surface area contributed by atoms with Gasteiger partial charge in [0, 0.05) is 26.3 Å². The van der Waals surface area contributed by atoms with Crippen molar-refractivity contribution >= 4 is 0 Å². The summed E-state index contributed by atoms with van der Waals surface area (Å²) < 4.78 is 0. The van der Waals surface area contributed by atoms with Gasteiger partial charge in [0.15, 0.2) is 0 Å². The van der Waals surface area contributed by atoms with Crippen LogP contribution in [0.4, 0.5) is 0 Å². The third-order valence-corrected chi connectivity index (χ3v) is 2.55. The molecule has 2 nitrogen and oxygen atoms in total. The lowest BCUT2D eigenvalue weighted by Crippen LogP contribution is -2.33. The van der Waals surface area contributed by atoms with Gasteiger partial charge >= 0.3 is 0 Å². The lowest BCUT2D eigenvalue weighted by atomic mass is 10.1. The first kappa shape index (κ1) is 8.60. The van der Waals surface area contributed by atoms with Crippen LogP contribution >= 0.6 is 0 Å². The maximum atomic E-state index is 3.74. The molecule has 0 aromatic carbocycles. The Balaban J connectivity index is 2.34. The number of rotatable bonds is 3. The highest BCUT2D eigenvalue weighted by atomic mass is 15.6. The summed E-state index contributed by atoms with van der Waals surface area (Å²) in [5.74, 6) is 0.900. The van der Waals surface area contributed by atoms with E-state index >= 15 is 0 Å². The van der Waals surface area contributed by atoms with Crippen molar-refractivity contribution in [3.63, 3.8) is 0 Å². The Morgan fingerprint density at radius 1 is 1.73 bits per heavy atom. The van der Waals surface area contributed by atoms with Crippen LogP contribution in [0.2, 0.25) is 0 Å². The van der Waals surface area contributed by atoms with Crippen molar-refractivity contribution in [3.8, 4) is 0 Å². The molecule has 0 N–H and O–H groups in total. The lowest BCUT2D eigenvalue weighted by Gasteiger charge is -2.26. The Labute approximate surface area is 69.5 Å². The van der Waals surface area contributed by atoms with Gasteiger partial charge in [-0.2, -0.15) is 0 Å². The Morgan fingerprint density at radius 3 is 2.91 bits per heavy atom. The SMILES string of the molecule is C=CN(C)N1CCC(CC)C1. The van der Waals surface area contributed by atoms with Crippen LogP contribution in [0.15, 0.2) is 12.8 Å². The summed E-state index contributed by atoms with van der Waals surface area (Å²) in [5.41, 5.74) is 0. The summed E-state index contributed by atoms with van der Waals surface area (Å²) in [6, 6.07) is 0. The van der Waals surface area contributed by atoms with Crippen molar-refractivity contribution in [2.45, 2.75) is 19.8 Å². The molecular formula is C9H18N2. The fraction of sp³-hybridized carbons (Fsp3) is 0.778. The summed E-state index contributed by atoms with van der Waals surface area (Å²) in [6.07, 6.45) is 4.52. The van der Waals surface area contributed by atoms with Crippen LogP contribution < -0.4 is 0 Å². The highest BCUT2D eigenvalue weighted by molar-refractivity contribution is 4.75. The van der Waals surface area contributed by atoms with Gasteiger partial charge in [0.25, 0.3) is 0 Å². The second kappa shape index (κ2) is 3.77. The molecule has 0 aromatic rings. The maximum absolute atomic E-state index is 3.74. The summed E-state index contributed by atoms with van der Waals surface area (Å²) in [4.78, 5) is 0. The third kappa shape index (κ3) is 1.96. The molecule has 0 amide bonds. The number of nitrogens with zero attached hydrogens (tertiary/aromatic N) is 2. The molecule has 1 saturated heterocycles. The molecule has 1 aliphatic heterocycles. The quantitative estimate of drug-likeness (QED) is 0.610. The van der Waals surface area contributed by atoms with Crippen LogP contribution in [0, 0.1) is 5.92 Å². The summed E-state index contributed by atoms with van der Waals surface area (Å²) in [7, 11) is 2.06. The standard InChI is InChI=1S/C9H18N2/c1-4-9-6-7-11(8-9)10(3)5-2/h5,9H,2,4,6-8H2,1,3H3. The average molecular weight is 154 g/mol. The minimum atomic E-state index is 0.900. The van der Waals surface area contributed by atoms with Crippen molar-refractivity contribution < 1.29 is 0 Å². The van der Waals surface area contributed by atoms with Gasteiger partial charge in [-0.05, 0) is 12.3 Å². The van der Waals surface area contributed by atoms with E-state index in [2.05, 4.69) is 30.6 Å². The van der Waals surface area contributed by atoms with E-state index in [-0.39, 0.29) is 0 Å². The van der Waals surface area contributed by atoms with Crippen molar-refractivity contribution in [2.75, 3.05) is 20.1 Å². The Bertz CT molecular complexity index is 134. The second-order valence-electron chi connectivity index (χ2n) is 3.23. The van der Waals surface area contributed by atoms with Gasteiger partial charge in [-0.3, -0.25) is 0 Å². The summed E-state index contributed by atoms with van der Waals surface area (Å²) in [6.45, 7) is 8.41. The second-order valence-corrected chi connectivity index (χ2v) is 3.23. The number of hydrogen-bond donors (Lipinski definition) is 0.